The van der Waals surface area contributed by atoms with Crippen LogP contribution in [0.2, 0.25) is 0 Å². The van der Waals surface area contributed by atoms with Gasteiger partial charge in [0.15, 0.2) is 12.0 Å². The molecule has 34 heavy (non-hydrogen) atoms. The number of nitro groups is 3. The molecule has 2 aromatic heterocycles. The molecule has 0 saturated heterocycles. The van der Waals surface area contributed by atoms with E-state index in [1.54, 1.807) is 45.0 Å². The lowest BCUT2D eigenvalue weighted by Crippen LogP contribution is -2.20. The zero-order valence-electron chi connectivity index (χ0n) is 19.2. The lowest BCUT2D eigenvalue weighted by Gasteiger charge is -2.03. The second kappa shape index (κ2) is 17.0. The molecule has 0 bridgehead atoms. The minimum Gasteiger partial charge on any atom is -0.461 e. The molecular weight excluding hydrogens is 474 g/mol. The van der Waals surface area contributed by atoms with E-state index in [4.69, 9.17) is 20.4 Å². The fourth-order valence-corrected chi connectivity index (χ4v) is 2.49. The molecule has 1 atom stereocenters. The third kappa shape index (κ3) is 12.5. The van der Waals surface area contributed by atoms with Crippen LogP contribution in [-0.2, 0) is 12.3 Å². The molecule has 13 heteroatoms. The first-order valence-corrected chi connectivity index (χ1v) is 10.9. The zero-order valence-corrected chi connectivity index (χ0v) is 19.9. The molecule has 12 nitrogen and oxygen atoms in total. The average Bonchev–Trinajstić information content (AvgIpc) is 3.45. The van der Waals surface area contributed by atoms with E-state index in [-0.39, 0.29) is 34.9 Å². The van der Waals surface area contributed by atoms with Crippen LogP contribution in [0.5, 0.6) is 0 Å². The van der Waals surface area contributed by atoms with Gasteiger partial charge in [0, 0.05) is 29.1 Å². The molecule has 0 spiro atoms. The van der Waals surface area contributed by atoms with Crippen molar-refractivity contribution in [3.63, 3.8) is 0 Å². The Morgan fingerprint density at radius 2 is 1.59 bits per heavy atom. The van der Waals surface area contributed by atoms with Crippen LogP contribution in [0.25, 0.3) is 6.08 Å². The average molecular weight is 502 g/mol. The second-order valence-electron chi connectivity index (χ2n) is 6.71. The Morgan fingerprint density at radius 3 is 1.94 bits per heavy atom. The number of allylic oxidation sites excluding steroid dienone is 1. The van der Waals surface area contributed by atoms with Crippen LogP contribution in [0.4, 0.5) is 0 Å². The van der Waals surface area contributed by atoms with Gasteiger partial charge in [-0.05, 0) is 24.3 Å². The summed E-state index contributed by atoms with van der Waals surface area (Å²) in [5.74, 6) is 2.08. The highest BCUT2D eigenvalue weighted by Crippen LogP contribution is 2.16. The predicted octanol–water partition coefficient (Wildman–Crippen LogP) is 5.41. The number of carbonyl (C=O) groups excluding carboxylic acids is 1. The van der Waals surface area contributed by atoms with Crippen molar-refractivity contribution in [3.8, 4) is 0 Å². The van der Waals surface area contributed by atoms with Gasteiger partial charge in [0.05, 0.1) is 23.3 Å². The summed E-state index contributed by atoms with van der Waals surface area (Å²) in [6, 6.07) is 5.78. The van der Waals surface area contributed by atoms with Crippen molar-refractivity contribution >= 4 is 24.0 Å². The maximum atomic E-state index is 10.7. The molecule has 188 valence electrons. The Hall–Kier alpha value is -3.54. The SMILES string of the molecule is CC/C(=C\c1ccc(CC(CC)[N+](=O)[O-])o1)[N+](=O)[O-].CCC[N+](=O)[O-].O=Cc1ccc(CCl)o1. The van der Waals surface area contributed by atoms with Crippen LogP contribution in [0.15, 0.2) is 38.8 Å². The van der Waals surface area contributed by atoms with Gasteiger partial charge in [-0.3, -0.25) is 35.1 Å². The summed E-state index contributed by atoms with van der Waals surface area (Å²) in [6.07, 6.45) is 3.51. The van der Waals surface area contributed by atoms with Crippen molar-refractivity contribution < 1.29 is 28.4 Å². The van der Waals surface area contributed by atoms with Gasteiger partial charge in [-0.2, -0.15) is 0 Å². The largest absolute Gasteiger partial charge is 0.461 e. The van der Waals surface area contributed by atoms with E-state index in [0.29, 0.717) is 48.0 Å². The smallest absolute Gasteiger partial charge is 0.249 e. The molecule has 0 aliphatic rings. The summed E-state index contributed by atoms with van der Waals surface area (Å²) < 4.78 is 10.2. The quantitative estimate of drug-likeness (QED) is 0.169. The molecule has 0 aromatic carbocycles. The minimum atomic E-state index is -0.691. The van der Waals surface area contributed by atoms with Crippen molar-refractivity contribution in [2.75, 3.05) is 6.54 Å². The molecule has 2 aromatic rings. The number of carbonyl (C=O) groups is 1. The van der Waals surface area contributed by atoms with Crippen molar-refractivity contribution in [2.45, 2.75) is 58.4 Å². The number of halogens is 1. The van der Waals surface area contributed by atoms with Gasteiger partial charge in [0.1, 0.15) is 17.3 Å². The normalized spacial score (nSPS) is 11.4. The number of furan rings is 2. The first-order chi connectivity index (χ1) is 16.1. The Kier molecular flexibility index (Phi) is 15.2. The fourth-order valence-electron chi connectivity index (χ4n) is 2.34. The molecule has 0 saturated carbocycles. The van der Waals surface area contributed by atoms with Crippen LogP contribution in [-0.4, -0.2) is 33.6 Å². The maximum absolute atomic E-state index is 10.7. The monoisotopic (exact) mass is 501 g/mol. The summed E-state index contributed by atoms with van der Waals surface area (Å²) >= 11 is 5.39. The van der Waals surface area contributed by atoms with Gasteiger partial charge in [-0.15, -0.1) is 11.6 Å². The van der Waals surface area contributed by atoms with Crippen LogP contribution in [0.3, 0.4) is 0 Å². The van der Waals surface area contributed by atoms with Crippen LogP contribution in [0.1, 0.15) is 67.9 Å². The standard InChI is InChI=1S/C12H16N2O5.C6H5ClO2.C3H7NO2/c1-3-9(13(15)16)7-11-5-6-12(19-11)8-10(4-2)14(17)18;7-3-5-1-2-6(4-8)9-5;1-2-3-4(5)6/h5-7,10H,3-4,8H2,1-2H3;1-2,4H,3H2;2-3H2,1H3/b9-7+;;. The minimum absolute atomic E-state index is 0.0437. The van der Waals surface area contributed by atoms with Gasteiger partial charge >= 0.3 is 0 Å². The highest BCUT2D eigenvalue weighted by molar-refractivity contribution is 6.16. The van der Waals surface area contributed by atoms with E-state index in [9.17, 15) is 35.1 Å². The van der Waals surface area contributed by atoms with E-state index in [0.717, 1.165) is 0 Å². The highest BCUT2D eigenvalue weighted by Gasteiger charge is 2.20. The van der Waals surface area contributed by atoms with Crippen molar-refractivity contribution in [3.05, 3.63) is 83.3 Å². The highest BCUT2D eigenvalue weighted by atomic mass is 35.5. The molecule has 2 rings (SSSR count). The lowest BCUT2D eigenvalue weighted by molar-refractivity contribution is -0.522. The maximum Gasteiger partial charge on any atom is 0.249 e. The Bertz CT molecular complexity index is 953. The van der Waals surface area contributed by atoms with Gasteiger partial charge in [0.2, 0.25) is 18.3 Å². The van der Waals surface area contributed by atoms with Gasteiger partial charge < -0.3 is 8.83 Å². The van der Waals surface area contributed by atoms with E-state index in [1.807, 2.05) is 0 Å². The fraction of sp³-hybridized carbons (Fsp3) is 0.476. The summed E-state index contributed by atoms with van der Waals surface area (Å²) in [6.45, 7) is 5.29. The Balaban J connectivity index is 0.000000596. The first kappa shape index (κ1) is 30.5. The molecule has 2 heterocycles. The summed E-state index contributed by atoms with van der Waals surface area (Å²) in [7, 11) is 0. The van der Waals surface area contributed by atoms with Crippen molar-refractivity contribution in [1.29, 1.82) is 0 Å². The number of hydrogen-bond donors (Lipinski definition) is 0. The van der Waals surface area contributed by atoms with Crippen LogP contribution >= 0.6 is 11.6 Å². The molecule has 0 aliphatic carbocycles. The Labute approximate surface area is 201 Å². The van der Waals surface area contributed by atoms with E-state index < -0.39 is 11.0 Å². The molecule has 0 aliphatic heterocycles. The molecule has 0 fully saturated rings. The predicted molar refractivity (Wildman–Crippen MR) is 125 cm³/mol. The molecule has 1 unspecified atom stereocenters. The van der Waals surface area contributed by atoms with Gasteiger partial charge in [-0.25, -0.2) is 0 Å². The lowest BCUT2D eigenvalue weighted by atomic mass is 10.1. The molecular formula is C21H28ClN3O9. The van der Waals surface area contributed by atoms with Gasteiger partial charge in [0.25, 0.3) is 0 Å². The topological polar surface area (TPSA) is 173 Å². The zero-order chi connectivity index (χ0) is 26.1. The van der Waals surface area contributed by atoms with Gasteiger partial charge in [-0.1, -0.05) is 20.8 Å². The third-order valence-electron chi connectivity index (χ3n) is 4.13. The second-order valence-corrected chi connectivity index (χ2v) is 6.98. The molecule has 0 N–H and O–H groups in total. The molecule has 0 radical (unpaired) electrons. The van der Waals surface area contributed by atoms with Crippen molar-refractivity contribution in [1.82, 2.24) is 0 Å². The number of hydrogen-bond acceptors (Lipinski definition) is 9. The van der Waals surface area contributed by atoms with E-state index >= 15 is 0 Å². The van der Waals surface area contributed by atoms with E-state index in [1.165, 1.54) is 6.08 Å². The third-order valence-corrected chi connectivity index (χ3v) is 4.39. The Morgan fingerprint density at radius 1 is 1.00 bits per heavy atom. The first-order valence-electron chi connectivity index (χ1n) is 10.4. The summed E-state index contributed by atoms with van der Waals surface area (Å²) in [5, 5.41) is 30.8. The van der Waals surface area contributed by atoms with Crippen LogP contribution < -0.4 is 0 Å². The number of aldehydes is 1. The number of alkyl halides is 1. The molecule has 0 amide bonds. The van der Waals surface area contributed by atoms with Crippen LogP contribution in [0, 0.1) is 30.3 Å². The summed E-state index contributed by atoms with van der Waals surface area (Å²) in [5.41, 5.74) is 0.0437. The number of nitrogens with zero attached hydrogens (tertiary/aromatic N) is 3. The van der Waals surface area contributed by atoms with E-state index in [2.05, 4.69) is 0 Å². The summed E-state index contributed by atoms with van der Waals surface area (Å²) in [4.78, 5) is 39.7. The number of rotatable bonds is 11. The van der Waals surface area contributed by atoms with Crippen molar-refractivity contribution in [2.24, 2.45) is 0 Å².